The predicted molar refractivity (Wildman–Crippen MR) is 104 cm³/mol. The normalized spacial score (nSPS) is 11.0. The van der Waals surface area contributed by atoms with Crippen LogP contribution in [0, 0.1) is 0 Å². The van der Waals surface area contributed by atoms with Gasteiger partial charge in [-0.2, -0.15) is 4.57 Å². The van der Waals surface area contributed by atoms with Crippen LogP contribution in [0.2, 0.25) is 0 Å². The molecule has 0 bridgehead atoms. The first-order chi connectivity index (χ1) is 12.2. The van der Waals surface area contributed by atoms with Crippen molar-refractivity contribution in [2.45, 2.75) is 39.2 Å². The van der Waals surface area contributed by atoms with Gasteiger partial charge in [0.15, 0.2) is 6.20 Å². The maximum absolute atomic E-state index is 11.1. The number of carbonyl (C=O) groups excluding carboxylic acids is 1. The van der Waals surface area contributed by atoms with Gasteiger partial charge in [0.05, 0.1) is 0 Å². The Balaban J connectivity index is 1.97. The van der Waals surface area contributed by atoms with E-state index in [0.29, 0.717) is 0 Å². The Morgan fingerprint density at radius 1 is 1.04 bits per heavy atom. The minimum atomic E-state index is -0.0555. The zero-order valence-corrected chi connectivity index (χ0v) is 14.9. The highest BCUT2D eigenvalue weighted by Gasteiger charge is 2.05. The number of unbranched alkanes of at least 4 members (excludes halogenated alkanes) is 3. The van der Waals surface area contributed by atoms with Gasteiger partial charge in [0.2, 0.25) is 11.6 Å². The first kappa shape index (κ1) is 18.9. The van der Waals surface area contributed by atoms with E-state index in [-0.39, 0.29) is 5.91 Å². The minimum absolute atomic E-state index is 0.0555. The van der Waals surface area contributed by atoms with E-state index in [0.717, 1.165) is 30.8 Å². The number of aryl methyl sites for hydroxylation is 1. The Morgan fingerprint density at radius 3 is 2.52 bits per heavy atom. The average molecular weight is 338 g/mol. The molecule has 132 valence electrons. The SMILES string of the molecule is CC(=O)Nc1ccc(/C=C/c2cccc[n+]2CCCCCCN)cc1. The van der Waals surface area contributed by atoms with Gasteiger partial charge >= 0.3 is 0 Å². The Bertz CT molecular complexity index is 693. The van der Waals surface area contributed by atoms with Crippen molar-refractivity contribution in [1.29, 1.82) is 0 Å². The topological polar surface area (TPSA) is 59.0 Å². The van der Waals surface area contributed by atoms with Gasteiger partial charge in [-0.15, -0.1) is 0 Å². The number of nitrogens with one attached hydrogen (secondary N) is 1. The first-order valence-corrected chi connectivity index (χ1v) is 8.93. The van der Waals surface area contributed by atoms with Gasteiger partial charge < -0.3 is 11.1 Å². The third-order valence-electron chi connectivity index (χ3n) is 4.01. The summed E-state index contributed by atoms with van der Waals surface area (Å²) in [5.74, 6) is -0.0555. The number of rotatable bonds is 9. The minimum Gasteiger partial charge on any atom is -0.330 e. The molecular formula is C21H28N3O+. The van der Waals surface area contributed by atoms with E-state index in [1.54, 1.807) is 0 Å². The lowest BCUT2D eigenvalue weighted by atomic mass is 10.1. The number of carbonyl (C=O) groups is 1. The van der Waals surface area contributed by atoms with Crippen LogP contribution in [0.15, 0.2) is 48.7 Å². The molecule has 2 rings (SSSR count). The summed E-state index contributed by atoms with van der Waals surface area (Å²) >= 11 is 0. The van der Waals surface area contributed by atoms with Crippen LogP contribution >= 0.6 is 0 Å². The van der Waals surface area contributed by atoms with Gasteiger partial charge in [-0.05, 0) is 49.2 Å². The fourth-order valence-electron chi connectivity index (χ4n) is 2.69. The van der Waals surface area contributed by atoms with Crippen LogP contribution in [0.25, 0.3) is 12.2 Å². The van der Waals surface area contributed by atoms with E-state index in [4.69, 9.17) is 5.73 Å². The zero-order valence-electron chi connectivity index (χ0n) is 14.9. The van der Waals surface area contributed by atoms with Gasteiger partial charge in [-0.3, -0.25) is 4.79 Å². The summed E-state index contributed by atoms with van der Waals surface area (Å²) in [5, 5.41) is 2.78. The molecular weight excluding hydrogens is 310 g/mol. The summed E-state index contributed by atoms with van der Waals surface area (Å²) in [6.45, 7) is 3.32. The molecule has 0 aliphatic carbocycles. The van der Waals surface area contributed by atoms with Crippen LogP contribution < -0.4 is 15.6 Å². The van der Waals surface area contributed by atoms with E-state index in [1.807, 2.05) is 24.3 Å². The molecule has 0 fully saturated rings. The van der Waals surface area contributed by atoms with Crippen LogP contribution in [-0.4, -0.2) is 12.5 Å². The summed E-state index contributed by atoms with van der Waals surface area (Å²) in [4.78, 5) is 11.1. The van der Waals surface area contributed by atoms with Crippen molar-refractivity contribution >= 4 is 23.7 Å². The average Bonchev–Trinajstić information content (AvgIpc) is 2.61. The van der Waals surface area contributed by atoms with E-state index in [9.17, 15) is 4.79 Å². The molecule has 25 heavy (non-hydrogen) atoms. The van der Waals surface area contributed by atoms with Gasteiger partial charge in [0, 0.05) is 37.2 Å². The highest BCUT2D eigenvalue weighted by atomic mass is 16.1. The summed E-state index contributed by atoms with van der Waals surface area (Å²) in [6.07, 6.45) is 11.1. The molecule has 1 amide bonds. The second-order valence-corrected chi connectivity index (χ2v) is 6.16. The predicted octanol–water partition coefficient (Wildman–Crippen LogP) is 3.62. The van der Waals surface area contributed by atoms with Crippen molar-refractivity contribution in [2.75, 3.05) is 11.9 Å². The Morgan fingerprint density at radius 2 is 1.80 bits per heavy atom. The number of nitrogens with two attached hydrogens (primary N) is 1. The molecule has 4 heteroatoms. The number of pyridine rings is 1. The molecule has 0 atom stereocenters. The molecule has 0 saturated carbocycles. The van der Waals surface area contributed by atoms with E-state index >= 15 is 0 Å². The molecule has 2 aromatic rings. The second-order valence-electron chi connectivity index (χ2n) is 6.16. The summed E-state index contributed by atoms with van der Waals surface area (Å²) in [7, 11) is 0. The van der Waals surface area contributed by atoms with Crippen LogP contribution in [0.3, 0.4) is 0 Å². The van der Waals surface area contributed by atoms with Crippen molar-refractivity contribution in [3.63, 3.8) is 0 Å². The van der Waals surface area contributed by atoms with Crippen LogP contribution in [-0.2, 0) is 11.3 Å². The number of amides is 1. The zero-order chi connectivity index (χ0) is 17.9. The maximum atomic E-state index is 11.1. The van der Waals surface area contributed by atoms with Gasteiger partial charge in [0.25, 0.3) is 0 Å². The number of benzene rings is 1. The Hall–Kier alpha value is -2.46. The van der Waals surface area contributed by atoms with Crippen molar-refractivity contribution in [3.05, 3.63) is 59.9 Å². The van der Waals surface area contributed by atoms with Crippen molar-refractivity contribution in [3.8, 4) is 0 Å². The van der Waals surface area contributed by atoms with Crippen molar-refractivity contribution < 1.29 is 9.36 Å². The van der Waals surface area contributed by atoms with Crippen molar-refractivity contribution in [1.82, 2.24) is 0 Å². The Labute approximate surface area is 150 Å². The standard InChI is InChI=1S/C21H27N3O/c1-18(25)23-20-12-9-19(10-13-20)11-14-21-8-4-7-17-24(21)16-6-3-2-5-15-22/h4,7-14,17H,2-3,5-6,15-16,22H2,1H3/p+1. The third kappa shape index (κ3) is 6.89. The number of hydrogen-bond donors (Lipinski definition) is 2. The fourth-order valence-corrected chi connectivity index (χ4v) is 2.69. The van der Waals surface area contributed by atoms with E-state index < -0.39 is 0 Å². The van der Waals surface area contributed by atoms with E-state index in [1.165, 1.54) is 31.9 Å². The quantitative estimate of drug-likeness (QED) is 0.542. The highest BCUT2D eigenvalue weighted by molar-refractivity contribution is 5.88. The molecule has 0 aliphatic heterocycles. The third-order valence-corrected chi connectivity index (χ3v) is 4.01. The molecule has 3 N–H and O–H groups in total. The fraction of sp³-hybridized carbons (Fsp3) is 0.333. The smallest absolute Gasteiger partial charge is 0.221 e. The second kappa shape index (κ2) is 10.4. The molecule has 1 heterocycles. The number of anilines is 1. The largest absolute Gasteiger partial charge is 0.330 e. The Kier molecular flexibility index (Phi) is 7.86. The molecule has 0 aliphatic rings. The molecule has 1 aromatic heterocycles. The first-order valence-electron chi connectivity index (χ1n) is 8.93. The van der Waals surface area contributed by atoms with Gasteiger partial charge in [-0.1, -0.05) is 18.6 Å². The molecule has 0 unspecified atom stereocenters. The lowest BCUT2D eigenvalue weighted by Crippen LogP contribution is -2.36. The lowest BCUT2D eigenvalue weighted by Gasteiger charge is -2.02. The number of nitrogens with zero attached hydrogens (tertiary/aromatic N) is 1. The molecule has 4 nitrogen and oxygen atoms in total. The monoisotopic (exact) mass is 338 g/mol. The molecule has 0 radical (unpaired) electrons. The molecule has 1 aromatic carbocycles. The number of hydrogen-bond acceptors (Lipinski definition) is 2. The summed E-state index contributed by atoms with van der Waals surface area (Å²) in [5.41, 5.74) is 8.65. The van der Waals surface area contributed by atoms with Crippen LogP contribution in [0.1, 0.15) is 43.9 Å². The lowest BCUT2D eigenvalue weighted by molar-refractivity contribution is -0.699. The van der Waals surface area contributed by atoms with Crippen LogP contribution in [0.5, 0.6) is 0 Å². The molecule has 0 saturated heterocycles. The summed E-state index contributed by atoms with van der Waals surface area (Å²) < 4.78 is 2.28. The van der Waals surface area contributed by atoms with E-state index in [2.05, 4.69) is 46.4 Å². The van der Waals surface area contributed by atoms with Gasteiger partial charge in [0.1, 0.15) is 6.54 Å². The number of aromatic nitrogens is 1. The van der Waals surface area contributed by atoms with Crippen molar-refractivity contribution in [2.24, 2.45) is 5.73 Å². The van der Waals surface area contributed by atoms with Gasteiger partial charge in [-0.25, -0.2) is 0 Å². The maximum Gasteiger partial charge on any atom is 0.221 e. The van der Waals surface area contributed by atoms with Crippen LogP contribution in [0.4, 0.5) is 5.69 Å². The highest BCUT2D eigenvalue weighted by Crippen LogP contribution is 2.12. The molecule has 0 spiro atoms. The summed E-state index contributed by atoms with van der Waals surface area (Å²) in [6, 6.07) is 14.1.